The van der Waals surface area contributed by atoms with E-state index in [1.807, 2.05) is 0 Å². The minimum atomic E-state index is -4.20. The molecule has 29 heavy (non-hydrogen) atoms. The highest BCUT2D eigenvalue weighted by Crippen LogP contribution is 2.36. The van der Waals surface area contributed by atoms with Gasteiger partial charge in [-0.1, -0.05) is 23.2 Å². The van der Waals surface area contributed by atoms with Gasteiger partial charge in [-0.25, -0.2) is 17.8 Å². The van der Waals surface area contributed by atoms with E-state index in [4.69, 9.17) is 33.7 Å². The third-order valence-corrected chi connectivity index (χ3v) is 6.33. The summed E-state index contributed by atoms with van der Waals surface area (Å²) in [6, 6.07) is 6.92. The van der Waals surface area contributed by atoms with Crippen molar-refractivity contribution in [2.75, 3.05) is 11.3 Å². The summed E-state index contributed by atoms with van der Waals surface area (Å²) in [5.41, 5.74) is 7.79. The number of aryl methyl sites for hydroxylation is 1. The third kappa shape index (κ3) is 5.37. The first-order valence-corrected chi connectivity index (χ1v) is 11.5. The number of nitrogens with two attached hydrogens (primary N) is 1. The number of benzene rings is 2. The summed E-state index contributed by atoms with van der Waals surface area (Å²) in [6.45, 7) is 0.486. The number of anilines is 1. The highest BCUT2D eigenvalue weighted by molar-refractivity contribution is 7.92. The van der Waals surface area contributed by atoms with Crippen molar-refractivity contribution in [3.8, 4) is 11.5 Å². The van der Waals surface area contributed by atoms with Gasteiger partial charge in [-0.2, -0.15) is 0 Å². The maximum absolute atomic E-state index is 14.6. The number of ether oxygens (including phenoxy) is 1. The molecule has 0 amide bonds. The van der Waals surface area contributed by atoms with Gasteiger partial charge in [0.25, 0.3) is 10.0 Å². The zero-order chi connectivity index (χ0) is 21.0. The van der Waals surface area contributed by atoms with Crippen LogP contribution in [0.15, 0.2) is 46.1 Å². The van der Waals surface area contributed by atoms with E-state index >= 15 is 0 Å². The Balaban J connectivity index is 1.91. The van der Waals surface area contributed by atoms with Crippen LogP contribution in [0.4, 0.5) is 10.2 Å². The van der Waals surface area contributed by atoms with Crippen LogP contribution in [0.2, 0.25) is 10.0 Å². The molecule has 11 heteroatoms. The van der Waals surface area contributed by atoms with Crippen LogP contribution in [-0.2, 0) is 16.4 Å². The van der Waals surface area contributed by atoms with E-state index in [1.165, 1.54) is 22.2 Å². The first-order valence-electron chi connectivity index (χ1n) is 8.36. The second-order valence-electron chi connectivity index (χ2n) is 5.94. The first kappa shape index (κ1) is 21.8. The minimum absolute atomic E-state index is 0.0203. The van der Waals surface area contributed by atoms with Crippen LogP contribution < -0.4 is 15.2 Å². The summed E-state index contributed by atoms with van der Waals surface area (Å²) >= 11 is 13.4. The molecular weight excluding hydrogens is 460 g/mol. The standard InChI is InChI=1S/C18H16Cl2FN3O3S2/c19-12-3-4-15(11(6-12)2-1-5-22)27-16-8-14(21)17(7-13(16)20)29(25,26)24-18-9-28-10-23-18/h3-4,6-10,24H,1-2,5,22H2. The molecule has 0 saturated heterocycles. The number of nitrogens with one attached hydrogen (secondary N) is 1. The van der Waals surface area contributed by atoms with Gasteiger partial charge in [0.1, 0.15) is 22.2 Å². The quantitative estimate of drug-likeness (QED) is 0.473. The van der Waals surface area contributed by atoms with Crippen molar-refractivity contribution in [1.82, 2.24) is 4.98 Å². The summed E-state index contributed by atoms with van der Waals surface area (Å²) in [5, 5.41) is 1.94. The number of halogens is 3. The van der Waals surface area contributed by atoms with Crippen LogP contribution in [0.1, 0.15) is 12.0 Å². The fourth-order valence-electron chi connectivity index (χ4n) is 2.50. The number of hydrogen-bond donors (Lipinski definition) is 2. The number of rotatable bonds is 8. The second-order valence-corrected chi connectivity index (χ2v) is 9.15. The molecule has 0 aliphatic carbocycles. The van der Waals surface area contributed by atoms with Gasteiger partial charge in [0.15, 0.2) is 5.82 Å². The fraction of sp³-hybridized carbons (Fsp3) is 0.167. The van der Waals surface area contributed by atoms with Gasteiger partial charge in [-0.3, -0.25) is 4.72 Å². The van der Waals surface area contributed by atoms with Crippen LogP contribution >= 0.6 is 34.5 Å². The molecule has 154 valence electrons. The monoisotopic (exact) mass is 475 g/mol. The normalized spacial score (nSPS) is 11.4. The summed E-state index contributed by atoms with van der Waals surface area (Å²) in [4.78, 5) is 3.21. The lowest BCUT2D eigenvalue weighted by Crippen LogP contribution is -2.15. The van der Waals surface area contributed by atoms with E-state index < -0.39 is 20.7 Å². The average molecular weight is 476 g/mol. The van der Waals surface area contributed by atoms with Crippen molar-refractivity contribution in [3.05, 3.63) is 62.6 Å². The van der Waals surface area contributed by atoms with Gasteiger partial charge < -0.3 is 10.5 Å². The Morgan fingerprint density at radius 2 is 2.00 bits per heavy atom. The van der Waals surface area contributed by atoms with Crippen molar-refractivity contribution in [1.29, 1.82) is 0 Å². The Kier molecular flexibility index (Phi) is 6.97. The van der Waals surface area contributed by atoms with Gasteiger partial charge in [0, 0.05) is 16.5 Å². The number of thiazole rings is 1. The van der Waals surface area contributed by atoms with Crippen molar-refractivity contribution in [3.63, 3.8) is 0 Å². The van der Waals surface area contributed by atoms with Gasteiger partial charge in [-0.05, 0) is 49.2 Å². The number of sulfonamides is 1. The minimum Gasteiger partial charge on any atom is -0.455 e. The lowest BCUT2D eigenvalue weighted by atomic mass is 10.1. The molecule has 0 atom stereocenters. The SMILES string of the molecule is NCCCc1cc(Cl)ccc1Oc1cc(F)c(S(=O)(=O)Nc2cscn2)cc1Cl. The summed E-state index contributed by atoms with van der Waals surface area (Å²) in [5.74, 6) is -0.505. The molecule has 1 aromatic heterocycles. The molecule has 1 heterocycles. The lowest BCUT2D eigenvalue weighted by molar-refractivity contribution is 0.467. The average Bonchev–Trinajstić information content (AvgIpc) is 3.16. The van der Waals surface area contributed by atoms with E-state index in [2.05, 4.69) is 9.71 Å². The maximum atomic E-state index is 14.6. The Morgan fingerprint density at radius 1 is 1.21 bits per heavy atom. The van der Waals surface area contributed by atoms with Gasteiger partial charge in [0.2, 0.25) is 0 Å². The Labute approximate surface area is 181 Å². The summed E-state index contributed by atoms with van der Waals surface area (Å²) in [6.07, 6.45) is 1.31. The molecule has 0 fully saturated rings. The van der Waals surface area contributed by atoms with E-state index in [1.54, 1.807) is 18.2 Å². The largest absolute Gasteiger partial charge is 0.455 e. The highest BCUT2D eigenvalue weighted by Gasteiger charge is 2.23. The zero-order valence-electron chi connectivity index (χ0n) is 14.9. The van der Waals surface area contributed by atoms with E-state index in [9.17, 15) is 12.8 Å². The van der Waals surface area contributed by atoms with Crippen LogP contribution in [0.3, 0.4) is 0 Å². The molecule has 0 unspecified atom stereocenters. The third-order valence-electron chi connectivity index (χ3n) is 3.84. The van der Waals surface area contributed by atoms with Crippen molar-refractivity contribution >= 4 is 50.4 Å². The molecule has 0 aliphatic heterocycles. The van der Waals surface area contributed by atoms with Crippen molar-refractivity contribution in [2.45, 2.75) is 17.7 Å². The predicted octanol–water partition coefficient (Wildman–Crippen LogP) is 5.07. The topological polar surface area (TPSA) is 94.3 Å². The zero-order valence-corrected chi connectivity index (χ0v) is 18.0. The summed E-state index contributed by atoms with van der Waals surface area (Å²) in [7, 11) is -4.20. The molecule has 0 spiro atoms. The van der Waals surface area contributed by atoms with Crippen molar-refractivity contribution in [2.24, 2.45) is 5.73 Å². The molecule has 0 saturated carbocycles. The van der Waals surface area contributed by atoms with Gasteiger partial charge >= 0.3 is 0 Å². The summed E-state index contributed by atoms with van der Waals surface area (Å²) < 4.78 is 47.4. The molecule has 2 aromatic carbocycles. The molecular formula is C18H16Cl2FN3O3S2. The van der Waals surface area contributed by atoms with E-state index in [0.29, 0.717) is 30.2 Å². The fourth-order valence-corrected chi connectivity index (χ4v) is 4.61. The van der Waals surface area contributed by atoms with Crippen LogP contribution in [0.5, 0.6) is 11.5 Å². The van der Waals surface area contributed by atoms with Crippen LogP contribution in [0, 0.1) is 5.82 Å². The molecule has 3 aromatic rings. The van der Waals surface area contributed by atoms with Crippen LogP contribution in [-0.4, -0.2) is 19.9 Å². The first-order chi connectivity index (χ1) is 13.8. The van der Waals surface area contributed by atoms with Gasteiger partial charge in [0.05, 0.1) is 10.5 Å². The highest BCUT2D eigenvalue weighted by atomic mass is 35.5. The van der Waals surface area contributed by atoms with Crippen LogP contribution in [0.25, 0.3) is 0 Å². The van der Waals surface area contributed by atoms with Gasteiger partial charge in [-0.15, -0.1) is 11.3 Å². The van der Waals surface area contributed by atoms with E-state index in [-0.39, 0.29) is 16.6 Å². The second kappa shape index (κ2) is 9.27. The molecule has 0 aliphatic rings. The maximum Gasteiger partial charge on any atom is 0.266 e. The molecule has 0 radical (unpaired) electrons. The number of nitrogens with zero attached hydrogens (tertiary/aromatic N) is 1. The Bertz CT molecular complexity index is 1110. The molecule has 3 N–H and O–H groups in total. The predicted molar refractivity (Wildman–Crippen MR) is 113 cm³/mol. The van der Waals surface area contributed by atoms with Crippen molar-refractivity contribution < 1.29 is 17.5 Å². The molecule has 0 bridgehead atoms. The molecule has 6 nitrogen and oxygen atoms in total. The smallest absolute Gasteiger partial charge is 0.266 e. The van der Waals surface area contributed by atoms with E-state index in [0.717, 1.165) is 17.7 Å². The Hall–Kier alpha value is -1.91. The number of aromatic nitrogens is 1. The Morgan fingerprint density at radius 3 is 2.69 bits per heavy atom. The molecule has 3 rings (SSSR count). The number of hydrogen-bond acceptors (Lipinski definition) is 6. The lowest BCUT2D eigenvalue weighted by Gasteiger charge is -2.14.